The first-order valence-corrected chi connectivity index (χ1v) is 6.29. The molecule has 0 aromatic heterocycles. The molecule has 0 saturated carbocycles. The van der Waals surface area contributed by atoms with Gasteiger partial charge in [-0.2, -0.15) is 0 Å². The van der Waals surface area contributed by atoms with E-state index in [1.165, 1.54) is 6.42 Å². The maximum absolute atomic E-state index is 5.52. The van der Waals surface area contributed by atoms with Gasteiger partial charge >= 0.3 is 0 Å². The molecule has 0 rings (SSSR count). The van der Waals surface area contributed by atoms with Crippen LogP contribution >= 0.6 is 0 Å². The van der Waals surface area contributed by atoms with Crippen LogP contribution in [-0.2, 0) is 4.74 Å². The highest BCUT2D eigenvalue weighted by Crippen LogP contribution is 1.86. The third kappa shape index (κ3) is 13.9. The highest BCUT2D eigenvalue weighted by molar-refractivity contribution is 4.52. The first kappa shape index (κ1) is 14.9. The lowest BCUT2D eigenvalue weighted by molar-refractivity contribution is 0.129. The lowest BCUT2D eigenvalue weighted by Gasteiger charge is -2.08. The summed E-state index contributed by atoms with van der Waals surface area (Å²) in [5, 5.41) is 6.73. The van der Waals surface area contributed by atoms with Gasteiger partial charge in [-0.15, -0.1) is 0 Å². The molecular formula is C12H28N2O. The number of hydrogen-bond donors (Lipinski definition) is 2. The van der Waals surface area contributed by atoms with Crippen molar-refractivity contribution in [3.8, 4) is 0 Å². The van der Waals surface area contributed by atoms with Gasteiger partial charge in [0.1, 0.15) is 0 Å². The maximum Gasteiger partial charge on any atom is 0.0478 e. The van der Waals surface area contributed by atoms with Crippen molar-refractivity contribution in [2.75, 3.05) is 32.8 Å². The fourth-order valence-corrected chi connectivity index (χ4v) is 1.27. The summed E-state index contributed by atoms with van der Waals surface area (Å²) in [7, 11) is 0. The van der Waals surface area contributed by atoms with Crippen molar-refractivity contribution in [3.05, 3.63) is 0 Å². The van der Waals surface area contributed by atoms with Gasteiger partial charge in [-0.3, -0.25) is 0 Å². The summed E-state index contributed by atoms with van der Waals surface area (Å²) in [6.07, 6.45) is 3.44. The molecule has 2 N–H and O–H groups in total. The Morgan fingerprint density at radius 1 is 1.00 bits per heavy atom. The zero-order valence-electron chi connectivity index (χ0n) is 10.6. The number of hydrogen-bond acceptors (Lipinski definition) is 3. The van der Waals surface area contributed by atoms with E-state index in [0.29, 0.717) is 6.04 Å². The average molecular weight is 216 g/mol. The average Bonchev–Trinajstić information content (AvgIpc) is 2.20. The summed E-state index contributed by atoms with van der Waals surface area (Å²) in [5.74, 6) is 0. The van der Waals surface area contributed by atoms with E-state index in [2.05, 4.69) is 31.4 Å². The fraction of sp³-hybridized carbons (Fsp3) is 1.00. The molecule has 3 heteroatoms. The zero-order valence-corrected chi connectivity index (χ0v) is 10.6. The summed E-state index contributed by atoms with van der Waals surface area (Å²) in [6, 6.07) is 0.586. The molecule has 3 nitrogen and oxygen atoms in total. The summed E-state index contributed by atoms with van der Waals surface area (Å²) in [6.45, 7) is 11.6. The van der Waals surface area contributed by atoms with Gasteiger partial charge in [0.15, 0.2) is 0 Å². The summed E-state index contributed by atoms with van der Waals surface area (Å²) < 4.78 is 5.52. The molecule has 0 saturated heterocycles. The highest BCUT2D eigenvalue weighted by atomic mass is 16.5. The minimum Gasteiger partial charge on any atom is -0.381 e. The number of nitrogens with one attached hydrogen (secondary N) is 2. The Morgan fingerprint density at radius 3 is 2.27 bits per heavy atom. The van der Waals surface area contributed by atoms with Crippen molar-refractivity contribution in [1.82, 2.24) is 10.6 Å². The third-order valence-corrected chi connectivity index (χ3v) is 2.09. The molecule has 92 valence electrons. The van der Waals surface area contributed by atoms with E-state index in [0.717, 1.165) is 45.7 Å². The quantitative estimate of drug-likeness (QED) is 0.517. The zero-order chi connectivity index (χ0) is 11.4. The minimum absolute atomic E-state index is 0.586. The molecule has 0 amide bonds. The molecule has 0 bridgehead atoms. The second kappa shape index (κ2) is 12.0. The second-order valence-electron chi connectivity index (χ2n) is 4.18. The van der Waals surface area contributed by atoms with E-state index in [1.807, 2.05) is 0 Å². The van der Waals surface area contributed by atoms with Crippen LogP contribution in [0.3, 0.4) is 0 Å². The van der Waals surface area contributed by atoms with Crippen molar-refractivity contribution in [2.24, 2.45) is 0 Å². The molecule has 15 heavy (non-hydrogen) atoms. The Balaban J connectivity index is 2.87. The van der Waals surface area contributed by atoms with E-state index in [1.54, 1.807) is 0 Å². The first-order chi connectivity index (χ1) is 7.27. The van der Waals surface area contributed by atoms with Gasteiger partial charge in [-0.25, -0.2) is 0 Å². The molecule has 0 atom stereocenters. The molecule has 0 aromatic carbocycles. The fourth-order valence-electron chi connectivity index (χ4n) is 1.27. The normalized spacial score (nSPS) is 11.2. The van der Waals surface area contributed by atoms with Crippen molar-refractivity contribution in [1.29, 1.82) is 0 Å². The largest absolute Gasteiger partial charge is 0.381 e. The van der Waals surface area contributed by atoms with Crippen LogP contribution in [0.4, 0.5) is 0 Å². The smallest absolute Gasteiger partial charge is 0.0478 e. The predicted molar refractivity (Wildman–Crippen MR) is 66.4 cm³/mol. The van der Waals surface area contributed by atoms with Crippen LogP contribution in [0.15, 0.2) is 0 Å². The van der Waals surface area contributed by atoms with E-state index in [-0.39, 0.29) is 0 Å². The SMILES string of the molecule is CCCNCCCOCCCNC(C)C. The molecule has 0 spiro atoms. The highest BCUT2D eigenvalue weighted by Gasteiger charge is 1.92. The van der Waals surface area contributed by atoms with Crippen molar-refractivity contribution in [3.63, 3.8) is 0 Å². The van der Waals surface area contributed by atoms with Crippen molar-refractivity contribution < 1.29 is 4.74 Å². The molecule has 0 unspecified atom stereocenters. The molecule has 0 heterocycles. The Hall–Kier alpha value is -0.120. The van der Waals surface area contributed by atoms with Crippen LogP contribution in [0.5, 0.6) is 0 Å². The Kier molecular flexibility index (Phi) is 11.9. The monoisotopic (exact) mass is 216 g/mol. The van der Waals surface area contributed by atoms with Gasteiger partial charge in [-0.05, 0) is 38.9 Å². The van der Waals surface area contributed by atoms with Crippen molar-refractivity contribution >= 4 is 0 Å². The van der Waals surface area contributed by atoms with E-state index in [4.69, 9.17) is 4.74 Å². The minimum atomic E-state index is 0.586. The predicted octanol–water partition coefficient (Wildman–Crippen LogP) is 1.78. The molecule has 0 aliphatic heterocycles. The molecule has 0 fully saturated rings. The molecule has 0 aromatic rings. The third-order valence-electron chi connectivity index (χ3n) is 2.09. The van der Waals surface area contributed by atoms with Gasteiger partial charge in [-0.1, -0.05) is 20.8 Å². The second-order valence-corrected chi connectivity index (χ2v) is 4.18. The van der Waals surface area contributed by atoms with Crippen LogP contribution in [0.2, 0.25) is 0 Å². The molecule has 0 aliphatic rings. The van der Waals surface area contributed by atoms with Gasteiger partial charge in [0.05, 0.1) is 0 Å². The number of ether oxygens (including phenoxy) is 1. The summed E-state index contributed by atoms with van der Waals surface area (Å²) in [5.41, 5.74) is 0. The standard InChI is InChI=1S/C12H28N2O/c1-4-7-13-8-5-10-15-11-6-9-14-12(2)3/h12-14H,4-11H2,1-3H3. The van der Waals surface area contributed by atoms with E-state index in [9.17, 15) is 0 Å². The summed E-state index contributed by atoms with van der Waals surface area (Å²) in [4.78, 5) is 0. The maximum atomic E-state index is 5.52. The van der Waals surface area contributed by atoms with Gasteiger partial charge in [0.2, 0.25) is 0 Å². The van der Waals surface area contributed by atoms with Crippen LogP contribution in [-0.4, -0.2) is 38.9 Å². The van der Waals surface area contributed by atoms with Crippen LogP contribution in [0, 0.1) is 0 Å². The van der Waals surface area contributed by atoms with Crippen LogP contribution < -0.4 is 10.6 Å². The van der Waals surface area contributed by atoms with Crippen molar-refractivity contribution in [2.45, 2.75) is 46.1 Å². The van der Waals surface area contributed by atoms with Gasteiger partial charge < -0.3 is 15.4 Å². The first-order valence-electron chi connectivity index (χ1n) is 6.29. The van der Waals surface area contributed by atoms with E-state index >= 15 is 0 Å². The molecular weight excluding hydrogens is 188 g/mol. The topological polar surface area (TPSA) is 33.3 Å². The molecule has 0 aliphatic carbocycles. The van der Waals surface area contributed by atoms with E-state index < -0.39 is 0 Å². The van der Waals surface area contributed by atoms with Gasteiger partial charge in [0, 0.05) is 19.3 Å². The Labute approximate surface area is 95.0 Å². The lowest BCUT2D eigenvalue weighted by Crippen LogP contribution is -2.24. The van der Waals surface area contributed by atoms with Crippen LogP contribution in [0.1, 0.15) is 40.0 Å². The lowest BCUT2D eigenvalue weighted by atomic mass is 10.3. The Bertz CT molecular complexity index is 118. The van der Waals surface area contributed by atoms with Crippen LogP contribution in [0.25, 0.3) is 0 Å². The molecule has 0 radical (unpaired) electrons. The van der Waals surface area contributed by atoms with Gasteiger partial charge in [0.25, 0.3) is 0 Å². The Morgan fingerprint density at radius 2 is 1.67 bits per heavy atom. The number of rotatable bonds is 11. The summed E-state index contributed by atoms with van der Waals surface area (Å²) >= 11 is 0.